The second-order valence-electron chi connectivity index (χ2n) is 5.69. The van der Waals surface area contributed by atoms with Crippen LogP contribution >= 0.6 is 0 Å². The highest BCUT2D eigenvalue weighted by Crippen LogP contribution is 2.44. The van der Waals surface area contributed by atoms with E-state index in [2.05, 4.69) is 20.8 Å². The van der Waals surface area contributed by atoms with Crippen LogP contribution in [0.4, 0.5) is 10.3 Å². The standard InChI is InChI=1S/C17H10FN5O/c18-10-7-5-9(6-8-10)15-13-14(19-17-20-21-22-23(15)17)11-3-1-2-4-12(11)16(13)24/h1-8,15H,(H,19,20,22)/t15-/m1/s1. The Bertz CT molecular complexity index is 1020. The van der Waals surface area contributed by atoms with Crippen molar-refractivity contribution in [3.63, 3.8) is 0 Å². The van der Waals surface area contributed by atoms with Gasteiger partial charge < -0.3 is 5.32 Å². The van der Waals surface area contributed by atoms with Gasteiger partial charge in [-0.15, -0.1) is 0 Å². The van der Waals surface area contributed by atoms with Crippen molar-refractivity contribution in [2.45, 2.75) is 6.04 Å². The molecule has 5 rings (SSSR count). The predicted octanol–water partition coefficient (Wildman–Crippen LogP) is 2.43. The van der Waals surface area contributed by atoms with Crippen LogP contribution in [-0.2, 0) is 0 Å². The number of hydrogen-bond donors (Lipinski definition) is 1. The van der Waals surface area contributed by atoms with E-state index in [9.17, 15) is 9.18 Å². The predicted molar refractivity (Wildman–Crippen MR) is 83.7 cm³/mol. The van der Waals surface area contributed by atoms with Gasteiger partial charge in [0.05, 0.1) is 11.3 Å². The van der Waals surface area contributed by atoms with Crippen LogP contribution in [0.2, 0.25) is 0 Å². The van der Waals surface area contributed by atoms with Gasteiger partial charge in [-0.1, -0.05) is 41.5 Å². The first-order chi connectivity index (χ1) is 11.7. The minimum Gasteiger partial charge on any atom is -0.322 e. The van der Waals surface area contributed by atoms with Crippen molar-refractivity contribution in [3.05, 3.63) is 76.6 Å². The summed E-state index contributed by atoms with van der Waals surface area (Å²) in [5.41, 5.74) is 3.51. The number of carbonyl (C=O) groups excluding carboxylic acids is 1. The van der Waals surface area contributed by atoms with Gasteiger partial charge in [-0.25, -0.2) is 4.39 Å². The van der Waals surface area contributed by atoms with E-state index in [1.54, 1.807) is 22.9 Å². The number of carbonyl (C=O) groups is 1. The molecular weight excluding hydrogens is 309 g/mol. The molecule has 0 radical (unpaired) electrons. The summed E-state index contributed by atoms with van der Waals surface area (Å²) < 4.78 is 14.9. The Morgan fingerprint density at radius 1 is 1.04 bits per heavy atom. The molecule has 2 aliphatic rings. The number of nitrogens with zero attached hydrogens (tertiary/aromatic N) is 4. The van der Waals surface area contributed by atoms with E-state index in [0.29, 0.717) is 22.8 Å². The minimum atomic E-state index is -0.494. The molecule has 0 saturated carbocycles. The second kappa shape index (κ2) is 4.58. The molecule has 1 aliphatic heterocycles. The molecule has 0 fully saturated rings. The van der Waals surface area contributed by atoms with Crippen molar-refractivity contribution < 1.29 is 9.18 Å². The Kier molecular flexibility index (Phi) is 2.50. The summed E-state index contributed by atoms with van der Waals surface area (Å²) in [6.07, 6.45) is 0. The Hall–Kier alpha value is -3.35. The van der Waals surface area contributed by atoms with Gasteiger partial charge in [-0.05, 0) is 28.1 Å². The lowest BCUT2D eigenvalue weighted by Crippen LogP contribution is -2.25. The molecule has 6 nitrogen and oxygen atoms in total. The molecule has 0 bridgehead atoms. The van der Waals surface area contributed by atoms with E-state index < -0.39 is 6.04 Å². The molecule has 2 heterocycles. The lowest BCUT2D eigenvalue weighted by atomic mass is 9.94. The summed E-state index contributed by atoms with van der Waals surface area (Å²) in [6.45, 7) is 0. The van der Waals surface area contributed by atoms with Crippen molar-refractivity contribution in [1.29, 1.82) is 0 Å². The van der Waals surface area contributed by atoms with E-state index in [1.807, 2.05) is 18.2 Å². The molecule has 0 saturated heterocycles. The first-order valence-corrected chi connectivity index (χ1v) is 7.42. The second-order valence-corrected chi connectivity index (χ2v) is 5.69. The Labute approximate surface area is 135 Å². The van der Waals surface area contributed by atoms with Gasteiger partial charge in [-0.2, -0.15) is 4.68 Å². The SMILES string of the molecule is O=C1C2=C(Nc3nnnn3[C@@H]2c2ccc(F)cc2)c2ccccc21. The van der Waals surface area contributed by atoms with Crippen molar-refractivity contribution >= 4 is 17.4 Å². The number of nitrogens with one attached hydrogen (secondary N) is 1. The lowest BCUT2D eigenvalue weighted by Gasteiger charge is -2.25. The van der Waals surface area contributed by atoms with E-state index in [4.69, 9.17) is 0 Å². The van der Waals surface area contributed by atoms with Crippen LogP contribution in [0.3, 0.4) is 0 Å². The maximum absolute atomic E-state index is 13.3. The lowest BCUT2D eigenvalue weighted by molar-refractivity contribution is 0.102. The van der Waals surface area contributed by atoms with E-state index in [1.165, 1.54) is 12.1 Å². The molecule has 0 unspecified atom stereocenters. The molecule has 1 aromatic heterocycles. The van der Waals surface area contributed by atoms with Crippen molar-refractivity contribution in [2.75, 3.05) is 5.32 Å². The zero-order valence-corrected chi connectivity index (χ0v) is 12.3. The maximum Gasteiger partial charge on any atom is 0.248 e. The zero-order chi connectivity index (χ0) is 16.3. The summed E-state index contributed by atoms with van der Waals surface area (Å²) in [5, 5.41) is 14.8. The highest BCUT2D eigenvalue weighted by molar-refractivity contribution is 6.23. The number of allylic oxidation sites excluding steroid dienone is 1. The molecule has 24 heavy (non-hydrogen) atoms. The van der Waals surface area contributed by atoms with Crippen LogP contribution in [0.5, 0.6) is 0 Å². The Balaban J connectivity index is 1.77. The molecule has 0 spiro atoms. The van der Waals surface area contributed by atoms with Crippen LogP contribution in [0.15, 0.2) is 54.1 Å². The van der Waals surface area contributed by atoms with Crippen LogP contribution in [0.1, 0.15) is 27.5 Å². The number of rotatable bonds is 1. The number of tetrazole rings is 1. The molecule has 2 aromatic carbocycles. The fourth-order valence-corrected chi connectivity index (χ4v) is 3.34. The third-order valence-corrected chi connectivity index (χ3v) is 4.39. The normalized spacial score (nSPS) is 18.0. The number of fused-ring (bicyclic) bond motifs is 3. The van der Waals surface area contributed by atoms with Crippen LogP contribution in [0, 0.1) is 5.82 Å². The van der Waals surface area contributed by atoms with Crippen molar-refractivity contribution in [3.8, 4) is 0 Å². The highest BCUT2D eigenvalue weighted by atomic mass is 19.1. The molecule has 1 aliphatic carbocycles. The monoisotopic (exact) mass is 319 g/mol. The van der Waals surface area contributed by atoms with E-state index >= 15 is 0 Å². The molecule has 0 amide bonds. The Morgan fingerprint density at radius 3 is 2.58 bits per heavy atom. The third kappa shape index (κ3) is 1.63. The van der Waals surface area contributed by atoms with Gasteiger partial charge in [-0.3, -0.25) is 4.79 Å². The third-order valence-electron chi connectivity index (χ3n) is 4.39. The van der Waals surface area contributed by atoms with Crippen LogP contribution in [0.25, 0.3) is 5.70 Å². The van der Waals surface area contributed by atoms with Crippen LogP contribution in [-0.4, -0.2) is 26.0 Å². The van der Waals surface area contributed by atoms with Crippen molar-refractivity contribution in [2.24, 2.45) is 0 Å². The van der Waals surface area contributed by atoms with E-state index in [0.717, 1.165) is 11.1 Å². The first kappa shape index (κ1) is 13.1. The molecular formula is C17H10FN5O. The number of ketones is 1. The molecule has 1 atom stereocenters. The summed E-state index contributed by atoms with van der Waals surface area (Å²) in [7, 11) is 0. The topological polar surface area (TPSA) is 72.7 Å². The highest BCUT2D eigenvalue weighted by Gasteiger charge is 2.41. The molecule has 116 valence electrons. The van der Waals surface area contributed by atoms with Gasteiger partial charge >= 0.3 is 0 Å². The van der Waals surface area contributed by atoms with Crippen LogP contribution < -0.4 is 5.32 Å². The number of hydrogen-bond acceptors (Lipinski definition) is 5. The number of halogens is 1. The van der Waals surface area contributed by atoms with Gasteiger partial charge in [0.1, 0.15) is 11.9 Å². The van der Waals surface area contributed by atoms with Gasteiger partial charge in [0.15, 0.2) is 5.78 Å². The van der Waals surface area contributed by atoms with E-state index in [-0.39, 0.29) is 11.6 Å². The molecule has 7 heteroatoms. The number of benzene rings is 2. The first-order valence-electron chi connectivity index (χ1n) is 7.42. The van der Waals surface area contributed by atoms with Gasteiger partial charge in [0, 0.05) is 11.1 Å². The average Bonchev–Trinajstić information content (AvgIpc) is 3.18. The largest absolute Gasteiger partial charge is 0.322 e. The zero-order valence-electron chi connectivity index (χ0n) is 12.3. The minimum absolute atomic E-state index is 0.0661. The fourth-order valence-electron chi connectivity index (χ4n) is 3.34. The fraction of sp³-hybridized carbons (Fsp3) is 0.0588. The smallest absolute Gasteiger partial charge is 0.248 e. The average molecular weight is 319 g/mol. The molecule has 3 aromatic rings. The molecule has 1 N–H and O–H groups in total. The number of aromatic nitrogens is 4. The quantitative estimate of drug-likeness (QED) is 0.746. The number of anilines is 1. The summed E-state index contributed by atoms with van der Waals surface area (Å²) in [5.74, 6) is 0.0519. The maximum atomic E-state index is 13.3. The summed E-state index contributed by atoms with van der Waals surface area (Å²) in [6, 6.07) is 13.0. The summed E-state index contributed by atoms with van der Waals surface area (Å²) >= 11 is 0. The van der Waals surface area contributed by atoms with Gasteiger partial charge in [0.25, 0.3) is 0 Å². The van der Waals surface area contributed by atoms with Gasteiger partial charge in [0.2, 0.25) is 5.95 Å². The number of Topliss-reactive ketones (excluding diaryl/α,β-unsaturated/α-hetero) is 1. The van der Waals surface area contributed by atoms with Crippen molar-refractivity contribution in [1.82, 2.24) is 20.2 Å². The Morgan fingerprint density at radius 2 is 1.79 bits per heavy atom. The summed E-state index contributed by atoms with van der Waals surface area (Å²) in [4.78, 5) is 13.0.